The molecule has 29 heavy (non-hydrogen) atoms. The molecule has 1 saturated heterocycles. The molecule has 0 unspecified atom stereocenters. The van der Waals surface area contributed by atoms with E-state index in [1.807, 2.05) is 45.0 Å². The monoisotopic (exact) mass is 394 g/mol. The van der Waals surface area contributed by atoms with Crippen LogP contribution >= 0.6 is 0 Å². The van der Waals surface area contributed by atoms with E-state index >= 15 is 0 Å². The Hall–Kier alpha value is -3.15. The number of hydrogen-bond acceptors (Lipinski definition) is 4. The van der Waals surface area contributed by atoms with Gasteiger partial charge in [0.1, 0.15) is 0 Å². The minimum atomic E-state index is -0.417. The summed E-state index contributed by atoms with van der Waals surface area (Å²) in [6.45, 7) is 6.65. The van der Waals surface area contributed by atoms with Gasteiger partial charge in [0.25, 0.3) is 0 Å². The van der Waals surface area contributed by atoms with Crippen LogP contribution in [0.4, 0.5) is 11.4 Å². The molecule has 1 N–H and O–H groups in total. The van der Waals surface area contributed by atoms with Gasteiger partial charge < -0.3 is 15.0 Å². The molecule has 1 aliphatic heterocycles. The van der Waals surface area contributed by atoms with E-state index in [1.165, 1.54) is 0 Å². The molecule has 152 valence electrons. The third-order valence-electron chi connectivity index (χ3n) is 4.78. The number of amides is 2. The molecular weight excluding hydrogens is 368 g/mol. The largest absolute Gasteiger partial charge is 0.462 e. The fourth-order valence-electron chi connectivity index (χ4n) is 3.12. The number of esters is 1. The molecule has 0 aliphatic carbocycles. The summed E-state index contributed by atoms with van der Waals surface area (Å²) in [6.07, 6.45) is 0.180. The van der Waals surface area contributed by atoms with Crippen LogP contribution in [0.3, 0.4) is 0 Å². The highest BCUT2D eigenvalue weighted by Gasteiger charge is 2.35. The summed E-state index contributed by atoms with van der Waals surface area (Å²) in [5, 5.41) is 2.83. The molecule has 1 aliphatic rings. The first-order chi connectivity index (χ1) is 13.8. The van der Waals surface area contributed by atoms with Crippen LogP contribution in [0.15, 0.2) is 48.5 Å². The number of carbonyl (C=O) groups excluding carboxylic acids is 3. The molecule has 0 radical (unpaired) electrons. The van der Waals surface area contributed by atoms with Gasteiger partial charge in [-0.2, -0.15) is 0 Å². The summed E-state index contributed by atoms with van der Waals surface area (Å²) < 4.78 is 5.20. The molecule has 0 bridgehead atoms. The van der Waals surface area contributed by atoms with Gasteiger partial charge in [-0.05, 0) is 49.2 Å². The second-order valence-corrected chi connectivity index (χ2v) is 7.80. The predicted molar refractivity (Wildman–Crippen MR) is 112 cm³/mol. The molecule has 2 amide bonds. The average Bonchev–Trinajstić information content (AvgIpc) is 3.09. The number of benzene rings is 2. The zero-order valence-corrected chi connectivity index (χ0v) is 17.0. The van der Waals surface area contributed by atoms with Gasteiger partial charge in [0.2, 0.25) is 11.8 Å². The zero-order chi connectivity index (χ0) is 21.0. The minimum Gasteiger partial charge on any atom is -0.462 e. The topological polar surface area (TPSA) is 75.7 Å². The number of nitrogens with one attached hydrogen (secondary N) is 1. The number of hydrogen-bond donors (Lipinski definition) is 1. The molecule has 6 nitrogen and oxygen atoms in total. The van der Waals surface area contributed by atoms with Crippen LogP contribution in [0, 0.1) is 18.8 Å². The van der Waals surface area contributed by atoms with Gasteiger partial charge in [-0.15, -0.1) is 0 Å². The van der Waals surface area contributed by atoms with E-state index in [2.05, 4.69) is 5.32 Å². The van der Waals surface area contributed by atoms with Gasteiger partial charge >= 0.3 is 5.97 Å². The predicted octanol–water partition coefficient (Wildman–Crippen LogP) is 3.80. The van der Waals surface area contributed by atoms with Gasteiger partial charge in [0, 0.05) is 24.3 Å². The highest BCUT2D eigenvalue weighted by Crippen LogP contribution is 2.26. The Bertz CT molecular complexity index is 888. The van der Waals surface area contributed by atoms with Crippen molar-refractivity contribution in [2.24, 2.45) is 11.8 Å². The number of carbonyl (C=O) groups is 3. The van der Waals surface area contributed by atoms with Gasteiger partial charge in [-0.1, -0.05) is 31.5 Å². The van der Waals surface area contributed by atoms with Gasteiger partial charge in [-0.25, -0.2) is 4.79 Å². The van der Waals surface area contributed by atoms with Crippen LogP contribution in [-0.4, -0.2) is 30.9 Å². The number of anilines is 2. The van der Waals surface area contributed by atoms with Crippen LogP contribution in [0.1, 0.15) is 36.2 Å². The smallest absolute Gasteiger partial charge is 0.338 e. The summed E-state index contributed by atoms with van der Waals surface area (Å²) in [6, 6.07) is 14.3. The maximum Gasteiger partial charge on any atom is 0.338 e. The van der Waals surface area contributed by atoms with Crippen molar-refractivity contribution in [2.75, 3.05) is 23.4 Å². The Labute approximate surface area is 170 Å². The van der Waals surface area contributed by atoms with E-state index in [0.717, 1.165) is 11.3 Å². The molecule has 1 atom stereocenters. The Morgan fingerprint density at radius 2 is 1.76 bits per heavy atom. The first-order valence-electron chi connectivity index (χ1n) is 9.78. The summed E-state index contributed by atoms with van der Waals surface area (Å²) >= 11 is 0. The van der Waals surface area contributed by atoms with Crippen LogP contribution in [-0.2, 0) is 14.3 Å². The SMILES string of the molecule is Cc1ccc(N2C[C@H](C(=O)Nc3ccc(C(=O)OCC(C)C)cc3)CC2=O)cc1. The Morgan fingerprint density at radius 3 is 2.38 bits per heavy atom. The maximum absolute atomic E-state index is 12.6. The van der Waals surface area contributed by atoms with Crippen LogP contribution in [0.2, 0.25) is 0 Å². The molecule has 2 aromatic rings. The van der Waals surface area contributed by atoms with Gasteiger partial charge in [0.15, 0.2) is 0 Å². The van der Waals surface area contributed by atoms with E-state index in [1.54, 1.807) is 29.2 Å². The lowest BCUT2D eigenvalue weighted by molar-refractivity contribution is -0.122. The molecule has 0 saturated carbocycles. The lowest BCUT2D eigenvalue weighted by atomic mass is 10.1. The Morgan fingerprint density at radius 1 is 1.10 bits per heavy atom. The van der Waals surface area contributed by atoms with Crippen LogP contribution in [0.25, 0.3) is 0 Å². The number of rotatable bonds is 6. The quantitative estimate of drug-likeness (QED) is 0.756. The summed E-state index contributed by atoms with van der Waals surface area (Å²) in [4.78, 5) is 38.6. The number of ether oxygens (including phenoxy) is 1. The van der Waals surface area contributed by atoms with E-state index in [-0.39, 0.29) is 30.1 Å². The molecule has 1 fully saturated rings. The highest BCUT2D eigenvalue weighted by molar-refractivity contribution is 6.03. The normalized spacial score (nSPS) is 16.2. The third-order valence-corrected chi connectivity index (χ3v) is 4.78. The second kappa shape index (κ2) is 8.90. The number of nitrogens with zero attached hydrogens (tertiary/aromatic N) is 1. The average molecular weight is 394 g/mol. The standard InChI is InChI=1S/C23H26N2O4/c1-15(2)14-29-23(28)17-6-8-19(9-7-17)24-22(27)18-12-21(26)25(13-18)20-10-4-16(3)5-11-20/h4-11,15,18H,12-14H2,1-3H3,(H,24,27)/t18-/m1/s1. The second-order valence-electron chi connectivity index (χ2n) is 7.80. The van der Waals surface area contributed by atoms with Crippen molar-refractivity contribution in [2.45, 2.75) is 27.2 Å². The first-order valence-corrected chi connectivity index (χ1v) is 9.78. The molecule has 1 heterocycles. The zero-order valence-electron chi connectivity index (χ0n) is 17.0. The molecule has 0 aromatic heterocycles. The molecule has 0 spiro atoms. The van der Waals surface area contributed by atoms with Crippen molar-refractivity contribution >= 4 is 29.2 Å². The van der Waals surface area contributed by atoms with Crippen molar-refractivity contribution in [3.8, 4) is 0 Å². The molecule has 6 heteroatoms. The molecular formula is C23H26N2O4. The van der Waals surface area contributed by atoms with Crippen molar-refractivity contribution in [3.63, 3.8) is 0 Å². The maximum atomic E-state index is 12.6. The fourth-order valence-corrected chi connectivity index (χ4v) is 3.12. The molecule has 2 aromatic carbocycles. The van der Waals surface area contributed by atoms with Crippen molar-refractivity contribution in [3.05, 3.63) is 59.7 Å². The minimum absolute atomic E-state index is 0.0581. The lowest BCUT2D eigenvalue weighted by Gasteiger charge is -2.17. The summed E-state index contributed by atoms with van der Waals surface area (Å²) in [7, 11) is 0. The van der Waals surface area contributed by atoms with Crippen molar-refractivity contribution < 1.29 is 19.1 Å². The summed E-state index contributed by atoms with van der Waals surface area (Å²) in [5.74, 6) is -0.794. The fraction of sp³-hybridized carbons (Fsp3) is 0.348. The van der Waals surface area contributed by atoms with E-state index < -0.39 is 5.92 Å². The number of aryl methyl sites for hydroxylation is 1. The van der Waals surface area contributed by atoms with Crippen molar-refractivity contribution in [1.29, 1.82) is 0 Å². The Kier molecular flexibility index (Phi) is 6.32. The van der Waals surface area contributed by atoms with E-state index in [0.29, 0.717) is 24.4 Å². The van der Waals surface area contributed by atoms with Crippen LogP contribution < -0.4 is 10.2 Å². The highest BCUT2D eigenvalue weighted by atomic mass is 16.5. The first kappa shape index (κ1) is 20.6. The Balaban J connectivity index is 1.58. The van der Waals surface area contributed by atoms with Gasteiger partial charge in [0.05, 0.1) is 18.1 Å². The van der Waals surface area contributed by atoms with Crippen LogP contribution in [0.5, 0.6) is 0 Å². The van der Waals surface area contributed by atoms with E-state index in [4.69, 9.17) is 4.74 Å². The van der Waals surface area contributed by atoms with E-state index in [9.17, 15) is 14.4 Å². The van der Waals surface area contributed by atoms with Gasteiger partial charge in [-0.3, -0.25) is 9.59 Å². The third kappa shape index (κ3) is 5.22. The molecule has 3 rings (SSSR count). The summed E-state index contributed by atoms with van der Waals surface area (Å²) in [5.41, 5.74) is 2.94. The van der Waals surface area contributed by atoms with Crippen molar-refractivity contribution in [1.82, 2.24) is 0 Å². The lowest BCUT2D eigenvalue weighted by Crippen LogP contribution is -2.28.